The fourth-order valence-corrected chi connectivity index (χ4v) is 2.40. The zero-order chi connectivity index (χ0) is 8.39. The molecule has 1 fully saturated rings. The van der Waals surface area contributed by atoms with Crippen LogP contribution in [0, 0.1) is 10.5 Å². The maximum atomic E-state index is 4.84. The maximum absolute atomic E-state index is 4.84. The lowest BCUT2D eigenvalue weighted by Crippen LogP contribution is -2.14. The summed E-state index contributed by atoms with van der Waals surface area (Å²) in [6.45, 7) is 0. The van der Waals surface area contributed by atoms with Crippen molar-refractivity contribution in [2.75, 3.05) is 7.11 Å². The van der Waals surface area contributed by atoms with E-state index in [4.69, 9.17) is 4.54 Å². The molecule has 1 saturated carbocycles. The molecule has 0 aliphatic heterocycles. The van der Waals surface area contributed by atoms with E-state index in [1.54, 1.807) is 12.7 Å². The third-order valence-electron chi connectivity index (χ3n) is 3.02. The standard InChI is InChI=1S/C10H16NO/c1-12-11-10-6-5-8-3-2-4-9(10)7-8/h8H,2-7H2,1H3/q+1. The molecule has 0 spiro atoms. The summed E-state index contributed by atoms with van der Waals surface area (Å²) in [6, 6.07) is 0. The predicted molar refractivity (Wildman–Crippen MR) is 49.9 cm³/mol. The minimum atomic E-state index is 0.963. The van der Waals surface area contributed by atoms with E-state index < -0.39 is 0 Å². The molecule has 0 amide bonds. The number of fused-ring (bicyclic) bond motifs is 2. The van der Waals surface area contributed by atoms with E-state index in [9.17, 15) is 0 Å². The average Bonchev–Trinajstić information content (AvgIpc) is 2.11. The smallest absolute Gasteiger partial charge is 0.120 e. The van der Waals surface area contributed by atoms with Crippen LogP contribution in [0.5, 0.6) is 0 Å². The molecule has 0 radical (unpaired) electrons. The van der Waals surface area contributed by atoms with E-state index in [1.165, 1.54) is 37.8 Å². The third kappa shape index (κ3) is 1.43. The molecule has 1 atom stereocenters. The highest BCUT2D eigenvalue weighted by Gasteiger charge is 2.26. The molecule has 2 heteroatoms. The minimum absolute atomic E-state index is 0.963. The van der Waals surface area contributed by atoms with Crippen molar-refractivity contribution in [2.45, 2.75) is 38.5 Å². The van der Waals surface area contributed by atoms with Crippen LogP contribution in [0.25, 0.3) is 0 Å². The van der Waals surface area contributed by atoms with Crippen LogP contribution in [0.15, 0.2) is 16.4 Å². The number of hydrogen-bond acceptors (Lipinski definition) is 1. The van der Waals surface area contributed by atoms with Gasteiger partial charge in [0.05, 0.1) is 0 Å². The molecule has 66 valence electrons. The Labute approximate surface area is 73.3 Å². The zero-order valence-corrected chi connectivity index (χ0v) is 7.68. The average molecular weight is 166 g/mol. The van der Waals surface area contributed by atoms with Crippen LogP contribution >= 0.6 is 0 Å². The molecule has 1 unspecified atom stereocenters. The molecule has 0 saturated heterocycles. The number of nitrogens with zero attached hydrogens (tertiary/aromatic N) is 1. The van der Waals surface area contributed by atoms with Crippen LogP contribution in [0.4, 0.5) is 0 Å². The van der Waals surface area contributed by atoms with E-state index in [1.807, 2.05) is 0 Å². The van der Waals surface area contributed by atoms with Crippen LogP contribution in [0.3, 0.4) is 0 Å². The molecule has 0 aromatic carbocycles. The summed E-state index contributed by atoms with van der Waals surface area (Å²) in [7, 11) is 1.64. The van der Waals surface area contributed by atoms with Crippen LogP contribution in [0.1, 0.15) is 38.5 Å². The van der Waals surface area contributed by atoms with Crippen molar-refractivity contribution in [3.05, 3.63) is 15.8 Å². The first-order chi connectivity index (χ1) is 5.90. The van der Waals surface area contributed by atoms with Crippen molar-refractivity contribution in [1.82, 2.24) is 0 Å². The predicted octanol–water partition coefficient (Wildman–Crippen LogP) is 3.16. The van der Waals surface area contributed by atoms with Crippen molar-refractivity contribution in [2.24, 2.45) is 11.1 Å². The van der Waals surface area contributed by atoms with Gasteiger partial charge in [-0.15, -0.1) is 4.54 Å². The summed E-state index contributed by atoms with van der Waals surface area (Å²) in [4.78, 5) is 0. The normalized spacial score (nSPS) is 29.9. The van der Waals surface area contributed by atoms with E-state index >= 15 is 0 Å². The molecular formula is C10H16NO+. The van der Waals surface area contributed by atoms with Gasteiger partial charge in [-0.05, 0) is 50.0 Å². The Kier molecular flexibility index (Phi) is 2.24. The minimum Gasteiger partial charge on any atom is -0.120 e. The van der Waals surface area contributed by atoms with Crippen molar-refractivity contribution in [3.63, 3.8) is 0 Å². The summed E-state index contributed by atoms with van der Waals surface area (Å²) in [5.74, 6) is 0.963. The lowest BCUT2D eigenvalue weighted by molar-refractivity contribution is 0.366. The summed E-state index contributed by atoms with van der Waals surface area (Å²) >= 11 is 0. The largest absolute Gasteiger partial charge is 0.297 e. The van der Waals surface area contributed by atoms with Gasteiger partial charge < -0.3 is 0 Å². The first-order valence-electron chi connectivity index (χ1n) is 4.85. The summed E-state index contributed by atoms with van der Waals surface area (Å²) in [5, 5.41) is 4.08. The number of hydrogen-bond donors (Lipinski definition) is 0. The van der Waals surface area contributed by atoms with Gasteiger partial charge in [0.25, 0.3) is 7.11 Å². The lowest BCUT2D eigenvalue weighted by Gasteiger charge is -2.28. The fraction of sp³-hybridized carbons (Fsp3) is 0.800. The van der Waals surface area contributed by atoms with Gasteiger partial charge >= 0.3 is 0 Å². The van der Waals surface area contributed by atoms with Gasteiger partial charge in [-0.3, -0.25) is 0 Å². The monoisotopic (exact) mass is 166 g/mol. The van der Waals surface area contributed by atoms with Crippen LogP contribution < -0.4 is 0 Å². The SMILES string of the molecule is C[O+]=NC1=C2CCCC(CC1)C2. The number of nitroso groups, excluding NO2 is 1. The Bertz CT molecular complexity index is 230. The zero-order valence-electron chi connectivity index (χ0n) is 7.68. The highest BCUT2D eigenvalue weighted by Crippen LogP contribution is 2.39. The molecule has 0 N–H and O–H groups in total. The van der Waals surface area contributed by atoms with Gasteiger partial charge in [-0.2, -0.15) is 0 Å². The van der Waals surface area contributed by atoms with Crippen molar-refractivity contribution in [3.8, 4) is 0 Å². The molecule has 0 aromatic rings. The van der Waals surface area contributed by atoms with E-state index in [-0.39, 0.29) is 0 Å². The van der Waals surface area contributed by atoms with Crippen LogP contribution in [-0.2, 0) is 0 Å². The van der Waals surface area contributed by atoms with Gasteiger partial charge in [0.2, 0.25) is 0 Å². The van der Waals surface area contributed by atoms with Gasteiger partial charge in [-0.1, -0.05) is 0 Å². The highest BCUT2D eigenvalue weighted by molar-refractivity contribution is 5.19. The van der Waals surface area contributed by atoms with Gasteiger partial charge in [0, 0.05) is 0 Å². The van der Waals surface area contributed by atoms with Gasteiger partial charge in [0.1, 0.15) is 10.9 Å². The molecule has 2 aliphatic carbocycles. The topological polar surface area (TPSA) is 23.7 Å². The molecule has 0 aromatic heterocycles. The highest BCUT2D eigenvalue weighted by atomic mass is 16.5. The Morgan fingerprint density at radius 1 is 1.33 bits per heavy atom. The first kappa shape index (κ1) is 7.96. The molecule has 2 bridgehead atoms. The Hall–Kier alpha value is -0.660. The summed E-state index contributed by atoms with van der Waals surface area (Å²) in [6.07, 6.45) is 7.83. The second-order valence-electron chi connectivity index (χ2n) is 3.83. The van der Waals surface area contributed by atoms with Gasteiger partial charge in [-0.25, -0.2) is 0 Å². The fourth-order valence-electron chi connectivity index (χ4n) is 2.40. The van der Waals surface area contributed by atoms with E-state index in [0.717, 1.165) is 12.3 Å². The summed E-state index contributed by atoms with van der Waals surface area (Å²) < 4.78 is 4.84. The molecular weight excluding hydrogens is 150 g/mol. The second kappa shape index (κ2) is 3.38. The first-order valence-corrected chi connectivity index (χ1v) is 4.85. The van der Waals surface area contributed by atoms with Crippen molar-refractivity contribution in [1.29, 1.82) is 0 Å². The lowest BCUT2D eigenvalue weighted by atomic mass is 9.77. The van der Waals surface area contributed by atoms with Crippen molar-refractivity contribution >= 4 is 0 Å². The Morgan fingerprint density at radius 2 is 2.25 bits per heavy atom. The molecule has 2 rings (SSSR count). The molecule has 0 heterocycles. The second-order valence-corrected chi connectivity index (χ2v) is 3.83. The van der Waals surface area contributed by atoms with E-state index in [0.29, 0.717) is 0 Å². The molecule has 2 aliphatic rings. The van der Waals surface area contributed by atoms with Gasteiger partial charge in [0.15, 0.2) is 0 Å². The Morgan fingerprint density at radius 3 is 3.08 bits per heavy atom. The van der Waals surface area contributed by atoms with Crippen LogP contribution in [-0.4, -0.2) is 7.11 Å². The number of allylic oxidation sites excluding steroid dienone is 2. The van der Waals surface area contributed by atoms with E-state index in [2.05, 4.69) is 5.18 Å². The third-order valence-corrected chi connectivity index (χ3v) is 3.02. The quantitative estimate of drug-likeness (QED) is 0.534. The van der Waals surface area contributed by atoms with Crippen molar-refractivity contribution < 1.29 is 0 Å². The number of rotatable bonds is 1. The molecule has 12 heavy (non-hydrogen) atoms. The van der Waals surface area contributed by atoms with Crippen LogP contribution in [0.2, 0.25) is 0 Å². The maximum Gasteiger partial charge on any atom is 0.297 e. The summed E-state index contributed by atoms with van der Waals surface area (Å²) in [5.41, 5.74) is 2.81. The molecule has 2 nitrogen and oxygen atoms in total. The Balaban J connectivity index is 2.19.